The highest BCUT2D eigenvalue weighted by atomic mass is 35.5. The molecule has 0 unspecified atom stereocenters. The highest BCUT2D eigenvalue weighted by Crippen LogP contribution is 2.39. The number of carbonyl (C=O) groups is 1. The zero-order valence-corrected chi connectivity index (χ0v) is 17.9. The predicted octanol–water partition coefficient (Wildman–Crippen LogP) is 5.38. The summed E-state index contributed by atoms with van der Waals surface area (Å²) >= 11 is 6.29. The van der Waals surface area contributed by atoms with Crippen molar-refractivity contribution < 1.29 is 18.0 Å². The molecule has 0 fully saturated rings. The van der Waals surface area contributed by atoms with Crippen molar-refractivity contribution in [2.45, 2.75) is 12.7 Å². The number of aryl methyl sites for hydroxylation is 1. The molecule has 0 bridgehead atoms. The van der Waals surface area contributed by atoms with Crippen LogP contribution in [0.25, 0.3) is 22.5 Å². The minimum atomic E-state index is -4.57. The normalized spacial score (nSPS) is 13.5. The number of anilines is 1. The van der Waals surface area contributed by atoms with E-state index in [1.165, 1.54) is 17.0 Å². The topological polar surface area (TPSA) is 63.9 Å². The van der Waals surface area contributed by atoms with Crippen molar-refractivity contribution in [3.8, 4) is 22.5 Å². The Labute approximate surface area is 191 Å². The van der Waals surface area contributed by atoms with E-state index in [2.05, 4.69) is 15.2 Å². The number of rotatable bonds is 3. The van der Waals surface area contributed by atoms with Crippen molar-refractivity contribution in [3.63, 3.8) is 0 Å². The first-order valence-corrected chi connectivity index (χ1v) is 10.2. The van der Waals surface area contributed by atoms with Gasteiger partial charge in [-0.2, -0.15) is 13.2 Å². The van der Waals surface area contributed by atoms with Crippen molar-refractivity contribution in [3.05, 3.63) is 82.8 Å². The van der Waals surface area contributed by atoms with Gasteiger partial charge in [0, 0.05) is 18.2 Å². The number of benzene rings is 2. The monoisotopic (exact) mass is 469 g/mol. The summed E-state index contributed by atoms with van der Waals surface area (Å²) in [6.07, 6.45) is -2.99. The van der Waals surface area contributed by atoms with Gasteiger partial charge in [-0.3, -0.25) is 9.69 Å². The van der Waals surface area contributed by atoms with Gasteiger partial charge in [0.15, 0.2) is 5.82 Å². The van der Waals surface area contributed by atoms with E-state index in [4.69, 9.17) is 11.6 Å². The van der Waals surface area contributed by atoms with Crippen molar-refractivity contribution in [2.75, 3.05) is 4.90 Å². The van der Waals surface area contributed by atoms with Gasteiger partial charge in [-0.1, -0.05) is 41.9 Å². The number of halogens is 4. The summed E-state index contributed by atoms with van der Waals surface area (Å²) in [5.41, 5.74) is 1.29. The predicted molar refractivity (Wildman–Crippen MR) is 117 cm³/mol. The number of carbonyl (C=O) groups excluding carboxylic acids is 1. The van der Waals surface area contributed by atoms with Crippen molar-refractivity contribution in [1.82, 2.24) is 19.7 Å². The second kappa shape index (κ2) is 7.70. The lowest BCUT2D eigenvalue weighted by Gasteiger charge is -2.17. The van der Waals surface area contributed by atoms with E-state index in [0.29, 0.717) is 11.4 Å². The van der Waals surface area contributed by atoms with Crippen LogP contribution in [0.2, 0.25) is 5.15 Å². The Kier molecular flexibility index (Phi) is 4.93. The van der Waals surface area contributed by atoms with Gasteiger partial charge in [0.05, 0.1) is 12.1 Å². The van der Waals surface area contributed by atoms with Gasteiger partial charge in [-0.05, 0) is 41.0 Å². The molecule has 3 heterocycles. The number of pyridine rings is 1. The molecule has 6 nitrogen and oxygen atoms in total. The number of alkyl halides is 3. The standard InChI is InChI=1S/C23H15ClF3N5O/c1-31-12-28-30-21(31)15-6-3-2-5-14(15)13-9-19(24)29-20(10-13)32-11-17-16(22(32)33)7-4-8-18(17)23(25,26)27/h2-10,12H,11H2,1H3. The molecule has 0 spiro atoms. The number of hydrogen-bond donors (Lipinski definition) is 0. The van der Waals surface area contributed by atoms with Gasteiger partial charge in [-0.25, -0.2) is 4.98 Å². The van der Waals surface area contributed by atoms with E-state index in [1.54, 1.807) is 23.0 Å². The van der Waals surface area contributed by atoms with Crippen LogP contribution in [0.5, 0.6) is 0 Å². The molecule has 0 N–H and O–H groups in total. The molecule has 0 saturated carbocycles. The van der Waals surface area contributed by atoms with Gasteiger partial charge < -0.3 is 4.57 Å². The number of nitrogens with zero attached hydrogens (tertiary/aromatic N) is 5. The molecule has 1 aliphatic rings. The number of fused-ring (bicyclic) bond motifs is 1. The summed E-state index contributed by atoms with van der Waals surface area (Å²) in [5.74, 6) is 0.234. The molecule has 5 rings (SSSR count). The van der Waals surface area contributed by atoms with Crippen LogP contribution < -0.4 is 4.90 Å². The van der Waals surface area contributed by atoms with E-state index in [0.717, 1.165) is 17.2 Å². The minimum absolute atomic E-state index is 0.00707. The smallest absolute Gasteiger partial charge is 0.317 e. The first-order chi connectivity index (χ1) is 15.7. The third-order valence-corrected chi connectivity index (χ3v) is 5.71. The molecule has 166 valence electrons. The van der Waals surface area contributed by atoms with Gasteiger partial charge in [0.1, 0.15) is 17.3 Å². The fourth-order valence-corrected chi connectivity index (χ4v) is 4.22. The second-order valence-corrected chi connectivity index (χ2v) is 7.96. The third kappa shape index (κ3) is 3.64. The molecule has 0 saturated heterocycles. The Morgan fingerprint density at radius 2 is 1.73 bits per heavy atom. The summed E-state index contributed by atoms with van der Waals surface area (Å²) < 4.78 is 42.2. The van der Waals surface area contributed by atoms with E-state index in [-0.39, 0.29) is 28.6 Å². The van der Waals surface area contributed by atoms with Crippen molar-refractivity contribution >= 4 is 23.3 Å². The van der Waals surface area contributed by atoms with Crippen molar-refractivity contribution in [1.29, 1.82) is 0 Å². The summed E-state index contributed by atoms with van der Waals surface area (Å²) in [4.78, 5) is 18.4. The fourth-order valence-electron chi connectivity index (χ4n) is 4.02. The zero-order valence-electron chi connectivity index (χ0n) is 17.1. The number of amides is 1. The van der Waals surface area contributed by atoms with Crippen LogP contribution in [0.15, 0.2) is 60.9 Å². The van der Waals surface area contributed by atoms with Crippen molar-refractivity contribution in [2.24, 2.45) is 7.05 Å². The number of hydrogen-bond acceptors (Lipinski definition) is 4. The van der Waals surface area contributed by atoms with Gasteiger partial charge in [0.2, 0.25) is 0 Å². The summed E-state index contributed by atoms with van der Waals surface area (Å²) in [5, 5.41) is 8.19. The van der Waals surface area contributed by atoms with Crippen LogP contribution in [0.4, 0.5) is 19.0 Å². The molecule has 2 aromatic carbocycles. The quantitative estimate of drug-likeness (QED) is 0.378. The van der Waals surface area contributed by atoms with Crippen LogP contribution in [0, 0.1) is 0 Å². The Balaban J connectivity index is 1.60. The van der Waals surface area contributed by atoms with Gasteiger partial charge >= 0.3 is 6.18 Å². The van der Waals surface area contributed by atoms with Crippen LogP contribution in [-0.2, 0) is 19.8 Å². The lowest BCUT2D eigenvalue weighted by molar-refractivity contribution is -0.138. The maximum atomic E-state index is 13.5. The summed E-state index contributed by atoms with van der Waals surface area (Å²) in [7, 11) is 1.81. The molecular weight excluding hydrogens is 455 g/mol. The summed E-state index contributed by atoms with van der Waals surface area (Å²) in [6.45, 7) is -0.248. The third-order valence-electron chi connectivity index (χ3n) is 5.52. The van der Waals surface area contributed by atoms with E-state index >= 15 is 0 Å². The fraction of sp³-hybridized carbons (Fsp3) is 0.130. The molecule has 4 aromatic rings. The lowest BCUT2D eigenvalue weighted by atomic mass is 10.00. The first-order valence-electron chi connectivity index (χ1n) is 9.86. The van der Waals surface area contributed by atoms with Crippen LogP contribution >= 0.6 is 11.6 Å². The molecular formula is C23H15ClF3N5O. The Bertz CT molecular complexity index is 1400. The molecule has 1 amide bonds. The minimum Gasteiger partial charge on any atom is -0.317 e. The van der Waals surface area contributed by atoms with E-state index < -0.39 is 17.6 Å². The molecule has 0 radical (unpaired) electrons. The highest BCUT2D eigenvalue weighted by Gasteiger charge is 2.40. The molecule has 1 aliphatic heterocycles. The lowest BCUT2D eigenvalue weighted by Crippen LogP contribution is -2.24. The molecule has 0 atom stereocenters. The Morgan fingerprint density at radius 3 is 2.42 bits per heavy atom. The molecule has 2 aromatic heterocycles. The first kappa shape index (κ1) is 21.1. The maximum absolute atomic E-state index is 13.5. The maximum Gasteiger partial charge on any atom is 0.416 e. The largest absolute Gasteiger partial charge is 0.416 e. The zero-order chi connectivity index (χ0) is 23.3. The van der Waals surface area contributed by atoms with Gasteiger partial charge in [-0.15, -0.1) is 10.2 Å². The number of aromatic nitrogens is 4. The average molecular weight is 470 g/mol. The highest BCUT2D eigenvalue weighted by molar-refractivity contribution is 6.30. The van der Waals surface area contributed by atoms with E-state index in [1.807, 2.05) is 31.3 Å². The van der Waals surface area contributed by atoms with E-state index in [9.17, 15) is 18.0 Å². The Hall–Kier alpha value is -3.72. The van der Waals surface area contributed by atoms with Gasteiger partial charge in [0.25, 0.3) is 5.91 Å². The summed E-state index contributed by atoms with van der Waals surface area (Å²) in [6, 6.07) is 14.3. The SMILES string of the molecule is Cn1cnnc1-c1ccccc1-c1cc(Cl)nc(N2Cc3c(cccc3C(F)(F)F)C2=O)c1. The van der Waals surface area contributed by atoms with Crippen LogP contribution in [-0.4, -0.2) is 25.7 Å². The van der Waals surface area contributed by atoms with Crippen LogP contribution in [0.1, 0.15) is 21.5 Å². The van der Waals surface area contributed by atoms with Crippen LogP contribution in [0.3, 0.4) is 0 Å². The molecule has 0 aliphatic carbocycles. The molecule has 10 heteroatoms. The average Bonchev–Trinajstić information content (AvgIpc) is 3.35. The molecule has 33 heavy (non-hydrogen) atoms. The Morgan fingerprint density at radius 1 is 1.00 bits per heavy atom. The second-order valence-electron chi connectivity index (χ2n) is 7.57.